The van der Waals surface area contributed by atoms with E-state index in [0.717, 1.165) is 15.8 Å². The van der Waals surface area contributed by atoms with E-state index in [-0.39, 0.29) is 36.7 Å². The number of aromatic nitrogens is 1. The van der Waals surface area contributed by atoms with Crippen LogP contribution in [0.5, 0.6) is 0 Å². The molecule has 0 unspecified atom stereocenters. The van der Waals surface area contributed by atoms with Crippen LogP contribution in [0.2, 0.25) is 0 Å². The van der Waals surface area contributed by atoms with Gasteiger partial charge in [-0.3, -0.25) is 14.4 Å². The molecule has 0 saturated carbocycles. The van der Waals surface area contributed by atoms with E-state index in [9.17, 15) is 14.4 Å². The number of hydrogen-bond acceptors (Lipinski definition) is 6. The molecular weight excluding hydrogens is 378 g/mol. The van der Waals surface area contributed by atoms with Crippen LogP contribution in [-0.4, -0.2) is 53.8 Å². The minimum Gasteiger partial charge on any atom is -0.346 e. The zero-order valence-corrected chi connectivity index (χ0v) is 17.4. The Hall–Kier alpha value is -2.52. The summed E-state index contributed by atoms with van der Waals surface area (Å²) < 4.78 is 0.986. The molecule has 0 fully saturated rings. The van der Waals surface area contributed by atoms with Gasteiger partial charge in [-0.15, -0.1) is 0 Å². The van der Waals surface area contributed by atoms with Gasteiger partial charge < -0.3 is 21.3 Å². The molecule has 3 amide bonds. The number of benzene rings is 1. The zero-order chi connectivity index (χ0) is 20.8. The highest BCUT2D eigenvalue weighted by molar-refractivity contribution is 7.22. The van der Waals surface area contributed by atoms with E-state index in [4.69, 9.17) is 5.73 Å². The van der Waals surface area contributed by atoms with Crippen molar-refractivity contribution in [2.24, 2.45) is 11.7 Å². The Morgan fingerprint density at radius 3 is 2.68 bits per heavy atom. The van der Waals surface area contributed by atoms with E-state index in [1.165, 1.54) is 23.3 Å². The first-order valence-corrected chi connectivity index (χ1v) is 9.91. The van der Waals surface area contributed by atoms with Gasteiger partial charge in [-0.25, -0.2) is 4.98 Å². The van der Waals surface area contributed by atoms with E-state index >= 15 is 0 Å². The number of nitrogens with two attached hydrogens (primary N) is 1. The Bertz CT molecular complexity index is 864. The molecule has 4 N–H and O–H groups in total. The van der Waals surface area contributed by atoms with Gasteiger partial charge in [-0.2, -0.15) is 0 Å². The van der Waals surface area contributed by atoms with Crippen molar-refractivity contribution in [3.63, 3.8) is 0 Å². The molecule has 9 heteroatoms. The number of carbonyl (C=O) groups excluding carboxylic acids is 3. The second-order valence-electron chi connectivity index (χ2n) is 7.24. The summed E-state index contributed by atoms with van der Waals surface area (Å²) in [6.07, 6.45) is 0.542. The van der Waals surface area contributed by atoms with Crippen molar-refractivity contribution in [2.45, 2.75) is 33.2 Å². The molecule has 0 saturated heterocycles. The Balaban J connectivity index is 1.82. The van der Waals surface area contributed by atoms with Gasteiger partial charge in [0.25, 0.3) is 0 Å². The standard InChI is InChI=1S/C19H27N5O3S/c1-11(2)7-13(20)18(27)21-9-17(26)24(4)10-16(25)23-19-22-14-6-5-12(3)8-15(14)28-19/h5-6,8,11,13H,7,9-10,20H2,1-4H3,(H,21,27)(H,22,23,25)/t13-/m0/s1. The van der Waals surface area contributed by atoms with Crippen LogP contribution in [0, 0.1) is 12.8 Å². The molecule has 0 bridgehead atoms. The average molecular weight is 406 g/mol. The fourth-order valence-electron chi connectivity index (χ4n) is 2.59. The van der Waals surface area contributed by atoms with Gasteiger partial charge in [0.15, 0.2) is 5.13 Å². The second kappa shape index (κ2) is 9.61. The van der Waals surface area contributed by atoms with Crippen LogP contribution in [-0.2, 0) is 14.4 Å². The van der Waals surface area contributed by atoms with Crippen LogP contribution >= 0.6 is 11.3 Å². The molecule has 0 aliphatic heterocycles. The monoisotopic (exact) mass is 405 g/mol. The minimum absolute atomic E-state index is 0.137. The molecule has 0 radical (unpaired) electrons. The third kappa shape index (κ3) is 6.28. The summed E-state index contributed by atoms with van der Waals surface area (Å²) >= 11 is 1.38. The first-order valence-electron chi connectivity index (χ1n) is 9.10. The van der Waals surface area contributed by atoms with Crippen molar-refractivity contribution >= 4 is 44.4 Å². The summed E-state index contributed by atoms with van der Waals surface area (Å²) in [4.78, 5) is 41.8. The van der Waals surface area contributed by atoms with Crippen molar-refractivity contribution in [1.82, 2.24) is 15.2 Å². The third-order valence-corrected chi connectivity index (χ3v) is 5.01. The maximum atomic E-state index is 12.2. The highest BCUT2D eigenvalue weighted by Gasteiger charge is 2.18. The van der Waals surface area contributed by atoms with Gasteiger partial charge in [-0.1, -0.05) is 31.3 Å². The maximum Gasteiger partial charge on any atom is 0.245 e. The molecular formula is C19H27N5O3S. The van der Waals surface area contributed by atoms with Gasteiger partial charge in [0, 0.05) is 7.05 Å². The number of amides is 3. The number of rotatable bonds is 8. The fourth-order valence-corrected chi connectivity index (χ4v) is 3.57. The van der Waals surface area contributed by atoms with Crippen LogP contribution in [0.25, 0.3) is 10.2 Å². The summed E-state index contributed by atoms with van der Waals surface area (Å²) in [6.45, 7) is 5.59. The van der Waals surface area contributed by atoms with Gasteiger partial charge in [0.05, 0.1) is 29.3 Å². The molecule has 0 aliphatic carbocycles. The minimum atomic E-state index is -0.649. The fraction of sp³-hybridized carbons (Fsp3) is 0.474. The zero-order valence-electron chi connectivity index (χ0n) is 16.6. The van der Waals surface area contributed by atoms with E-state index in [1.807, 2.05) is 39.0 Å². The summed E-state index contributed by atoms with van der Waals surface area (Å²) in [5, 5.41) is 5.71. The molecule has 0 aliphatic rings. The van der Waals surface area contributed by atoms with E-state index in [0.29, 0.717) is 11.6 Å². The van der Waals surface area contributed by atoms with Crippen molar-refractivity contribution in [2.75, 3.05) is 25.5 Å². The third-order valence-electron chi connectivity index (χ3n) is 4.07. The number of nitrogens with zero attached hydrogens (tertiary/aromatic N) is 2. The number of anilines is 1. The summed E-state index contributed by atoms with van der Waals surface area (Å²) in [5.41, 5.74) is 7.72. The van der Waals surface area contributed by atoms with Crippen molar-refractivity contribution in [3.05, 3.63) is 23.8 Å². The molecule has 1 aromatic heterocycles. The van der Waals surface area contributed by atoms with Crippen LogP contribution in [0.4, 0.5) is 5.13 Å². The molecule has 0 spiro atoms. The van der Waals surface area contributed by atoms with Gasteiger partial charge >= 0.3 is 0 Å². The van der Waals surface area contributed by atoms with Crippen LogP contribution < -0.4 is 16.4 Å². The number of aryl methyl sites for hydroxylation is 1. The van der Waals surface area contributed by atoms with E-state index in [2.05, 4.69) is 15.6 Å². The second-order valence-corrected chi connectivity index (χ2v) is 8.27. The Kier molecular flexibility index (Phi) is 7.47. The Labute approximate surface area is 168 Å². The smallest absolute Gasteiger partial charge is 0.245 e. The van der Waals surface area contributed by atoms with Crippen LogP contribution in [0.15, 0.2) is 18.2 Å². The van der Waals surface area contributed by atoms with Crippen LogP contribution in [0.1, 0.15) is 25.8 Å². The number of likely N-dealkylation sites (N-methyl/N-ethyl adjacent to an activating group) is 1. The number of thiazole rings is 1. The first kappa shape index (κ1) is 21.8. The SMILES string of the molecule is Cc1ccc2nc(NC(=O)CN(C)C(=O)CNC(=O)[C@@H](N)CC(C)C)sc2c1. The highest BCUT2D eigenvalue weighted by Crippen LogP contribution is 2.26. The molecule has 28 heavy (non-hydrogen) atoms. The number of hydrogen-bond donors (Lipinski definition) is 3. The lowest BCUT2D eigenvalue weighted by Gasteiger charge is -2.18. The van der Waals surface area contributed by atoms with Crippen molar-refractivity contribution in [3.8, 4) is 0 Å². The topological polar surface area (TPSA) is 117 Å². The molecule has 2 aromatic rings. The Morgan fingerprint density at radius 2 is 2.00 bits per heavy atom. The van der Waals surface area contributed by atoms with E-state index < -0.39 is 6.04 Å². The summed E-state index contributed by atoms with van der Waals surface area (Å²) in [5.74, 6) is -0.812. The summed E-state index contributed by atoms with van der Waals surface area (Å²) in [7, 11) is 1.50. The molecule has 1 atom stereocenters. The first-order chi connectivity index (χ1) is 13.2. The predicted molar refractivity (Wildman–Crippen MR) is 111 cm³/mol. The van der Waals surface area contributed by atoms with Crippen molar-refractivity contribution in [1.29, 1.82) is 0 Å². The normalized spacial score (nSPS) is 12.1. The average Bonchev–Trinajstić information content (AvgIpc) is 2.99. The van der Waals surface area contributed by atoms with Crippen molar-refractivity contribution < 1.29 is 14.4 Å². The quantitative estimate of drug-likeness (QED) is 0.615. The molecule has 1 heterocycles. The van der Waals surface area contributed by atoms with Gasteiger partial charge in [-0.05, 0) is 37.0 Å². The van der Waals surface area contributed by atoms with Crippen LogP contribution in [0.3, 0.4) is 0 Å². The molecule has 8 nitrogen and oxygen atoms in total. The van der Waals surface area contributed by atoms with E-state index in [1.54, 1.807) is 0 Å². The lowest BCUT2D eigenvalue weighted by Crippen LogP contribution is -2.46. The lowest BCUT2D eigenvalue weighted by atomic mass is 10.0. The number of nitrogens with one attached hydrogen (secondary N) is 2. The summed E-state index contributed by atoms with van der Waals surface area (Å²) in [6, 6.07) is 5.22. The molecule has 1 aromatic carbocycles. The maximum absolute atomic E-state index is 12.2. The number of fused-ring (bicyclic) bond motifs is 1. The van der Waals surface area contributed by atoms with Gasteiger partial charge in [0.1, 0.15) is 0 Å². The lowest BCUT2D eigenvalue weighted by molar-refractivity contribution is -0.134. The highest BCUT2D eigenvalue weighted by atomic mass is 32.1. The van der Waals surface area contributed by atoms with Gasteiger partial charge in [0.2, 0.25) is 17.7 Å². The largest absolute Gasteiger partial charge is 0.346 e. The molecule has 2 rings (SSSR count). The molecule has 152 valence electrons. The number of carbonyl (C=O) groups is 3. The Morgan fingerprint density at radius 1 is 1.29 bits per heavy atom. The predicted octanol–water partition coefficient (Wildman–Crippen LogP) is 1.49.